The molecule has 0 N–H and O–H groups in total. The van der Waals surface area contributed by atoms with Crippen LogP contribution in [-0.4, -0.2) is 34.9 Å². The van der Waals surface area contributed by atoms with E-state index >= 15 is 4.39 Å². The molecule has 0 amide bonds. The number of para-hydroxylation sites is 1. The first-order valence-corrected chi connectivity index (χ1v) is 11.0. The van der Waals surface area contributed by atoms with Crippen molar-refractivity contribution in [3.05, 3.63) is 58.6 Å². The normalized spacial score (nSPS) is 14.7. The molecule has 2 aromatic heterocycles. The molecule has 0 spiro atoms. The van der Waals surface area contributed by atoms with Gasteiger partial charge in [-0.2, -0.15) is 4.98 Å². The predicted molar refractivity (Wildman–Crippen MR) is 125 cm³/mol. The smallest absolute Gasteiger partial charge is 0.263 e. The highest BCUT2D eigenvalue weighted by molar-refractivity contribution is 5.86. The molecule has 0 atom stereocenters. The van der Waals surface area contributed by atoms with Crippen molar-refractivity contribution < 1.29 is 13.7 Å². The van der Waals surface area contributed by atoms with Crippen molar-refractivity contribution >= 4 is 16.6 Å². The van der Waals surface area contributed by atoms with Crippen LogP contribution < -0.4 is 15.1 Å². The summed E-state index contributed by atoms with van der Waals surface area (Å²) >= 11 is 0. The van der Waals surface area contributed by atoms with Gasteiger partial charge in [-0.1, -0.05) is 24.2 Å². The van der Waals surface area contributed by atoms with Crippen LogP contribution in [0.5, 0.6) is 5.75 Å². The summed E-state index contributed by atoms with van der Waals surface area (Å²) in [4.78, 5) is 19.8. The average molecular weight is 448 g/mol. The highest BCUT2D eigenvalue weighted by Gasteiger charge is 2.22. The van der Waals surface area contributed by atoms with E-state index in [2.05, 4.69) is 22.0 Å². The third-order valence-electron chi connectivity index (χ3n) is 6.39. The number of benzene rings is 2. The fourth-order valence-electron chi connectivity index (χ4n) is 4.41. The lowest BCUT2D eigenvalue weighted by molar-refractivity contribution is 0.413. The van der Waals surface area contributed by atoms with Gasteiger partial charge < -0.3 is 18.7 Å². The number of aromatic nitrogens is 3. The lowest BCUT2D eigenvalue weighted by Gasteiger charge is -2.32. The van der Waals surface area contributed by atoms with Crippen molar-refractivity contribution in [3.63, 3.8) is 0 Å². The molecule has 0 aliphatic carbocycles. The van der Waals surface area contributed by atoms with Crippen molar-refractivity contribution in [3.8, 4) is 28.6 Å². The Morgan fingerprint density at radius 1 is 1.15 bits per heavy atom. The molecule has 0 bridgehead atoms. The molecule has 7 nitrogen and oxygen atoms in total. The van der Waals surface area contributed by atoms with Gasteiger partial charge in [-0.15, -0.1) is 0 Å². The Labute approximate surface area is 190 Å². The molecule has 8 heteroatoms. The third-order valence-corrected chi connectivity index (χ3v) is 6.39. The maximum Gasteiger partial charge on any atom is 0.263 e. The van der Waals surface area contributed by atoms with Gasteiger partial charge in [-0.25, -0.2) is 4.39 Å². The maximum absolute atomic E-state index is 15.1. The van der Waals surface area contributed by atoms with Gasteiger partial charge in [0.1, 0.15) is 17.1 Å². The van der Waals surface area contributed by atoms with Crippen molar-refractivity contribution in [2.75, 3.05) is 25.1 Å². The first-order valence-electron chi connectivity index (χ1n) is 11.0. The van der Waals surface area contributed by atoms with E-state index in [1.165, 1.54) is 6.07 Å². The largest absolute Gasteiger partial charge is 0.496 e. The lowest BCUT2D eigenvalue weighted by Crippen LogP contribution is -2.33. The molecular weight excluding hydrogens is 423 g/mol. The molecule has 3 heterocycles. The Morgan fingerprint density at radius 3 is 2.67 bits per heavy atom. The summed E-state index contributed by atoms with van der Waals surface area (Å²) in [7, 11) is 3.38. The van der Waals surface area contributed by atoms with Crippen molar-refractivity contribution in [1.29, 1.82) is 0 Å². The van der Waals surface area contributed by atoms with Crippen LogP contribution in [0.1, 0.15) is 19.8 Å². The minimum atomic E-state index is -0.397. The maximum atomic E-state index is 15.1. The molecule has 0 saturated carbocycles. The summed E-state index contributed by atoms with van der Waals surface area (Å²) in [5.41, 5.74) is 1.71. The molecule has 4 aromatic rings. The van der Waals surface area contributed by atoms with E-state index in [0.717, 1.165) is 25.9 Å². The van der Waals surface area contributed by atoms with E-state index in [1.54, 1.807) is 30.0 Å². The summed E-state index contributed by atoms with van der Waals surface area (Å²) in [6.45, 7) is 3.84. The van der Waals surface area contributed by atoms with Crippen molar-refractivity contribution in [1.82, 2.24) is 14.7 Å². The SMILES string of the molecule is COc1ccccc1-c1noc(-c2cn(C)c3cc(N4CCC(C)CC4)c(F)cc3c2=O)n1. The van der Waals surface area contributed by atoms with E-state index in [9.17, 15) is 4.79 Å². The Bertz CT molecular complexity index is 1390. The summed E-state index contributed by atoms with van der Waals surface area (Å²) in [5.74, 6) is 1.23. The van der Waals surface area contributed by atoms with Crippen molar-refractivity contribution in [2.45, 2.75) is 19.8 Å². The Morgan fingerprint density at radius 2 is 1.91 bits per heavy atom. The van der Waals surface area contributed by atoms with Crippen LogP contribution in [0.25, 0.3) is 33.7 Å². The summed E-state index contributed by atoms with van der Waals surface area (Å²) in [5, 5.41) is 4.30. The molecule has 2 aromatic carbocycles. The zero-order valence-electron chi connectivity index (χ0n) is 18.8. The molecule has 5 rings (SSSR count). The fourth-order valence-corrected chi connectivity index (χ4v) is 4.41. The topological polar surface area (TPSA) is 73.4 Å². The van der Waals surface area contributed by atoms with Crippen LogP contribution in [0.15, 0.2) is 51.9 Å². The number of methoxy groups -OCH3 is 1. The van der Waals surface area contributed by atoms with Gasteiger partial charge >= 0.3 is 0 Å². The number of ether oxygens (including phenoxy) is 1. The van der Waals surface area contributed by atoms with E-state index in [-0.39, 0.29) is 22.3 Å². The van der Waals surface area contributed by atoms with Gasteiger partial charge in [0.2, 0.25) is 11.3 Å². The molecular formula is C25H25FN4O3. The van der Waals surface area contributed by atoms with Gasteiger partial charge in [0.25, 0.3) is 5.89 Å². The number of rotatable bonds is 4. The zero-order valence-corrected chi connectivity index (χ0v) is 18.8. The lowest BCUT2D eigenvalue weighted by atomic mass is 9.98. The van der Waals surface area contributed by atoms with Gasteiger partial charge in [0, 0.05) is 31.7 Å². The molecule has 170 valence electrons. The minimum absolute atomic E-state index is 0.0768. The van der Waals surface area contributed by atoms with Crippen LogP contribution in [0.3, 0.4) is 0 Å². The van der Waals surface area contributed by atoms with Gasteiger partial charge in [0.15, 0.2) is 0 Å². The number of fused-ring (bicyclic) bond motifs is 1. The second kappa shape index (κ2) is 8.35. The number of halogens is 1. The molecule has 33 heavy (non-hydrogen) atoms. The number of piperidine rings is 1. The number of nitrogens with zero attached hydrogens (tertiary/aromatic N) is 4. The van der Waals surface area contributed by atoms with E-state index in [1.807, 2.05) is 25.2 Å². The fraction of sp³-hybridized carbons (Fsp3) is 0.320. The number of aryl methyl sites for hydroxylation is 1. The number of hydrogen-bond donors (Lipinski definition) is 0. The molecule has 1 aliphatic rings. The Kier molecular flexibility index (Phi) is 5.36. The minimum Gasteiger partial charge on any atom is -0.496 e. The van der Waals surface area contributed by atoms with Crippen LogP contribution in [0.4, 0.5) is 10.1 Å². The van der Waals surface area contributed by atoms with Crippen molar-refractivity contribution in [2.24, 2.45) is 13.0 Å². The third kappa shape index (κ3) is 3.75. The second-order valence-corrected chi connectivity index (χ2v) is 8.60. The van der Waals surface area contributed by atoms with Gasteiger partial charge in [0.05, 0.1) is 23.9 Å². The van der Waals surface area contributed by atoms with Crippen LogP contribution >= 0.6 is 0 Å². The zero-order chi connectivity index (χ0) is 23.1. The number of hydrogen-bond acceptors (Lipinski definition) is 6. The Balaban J connectivity index is 1.57. The highest BCUT2D eigenvalue weighted by Crippen LogP contribution is 2.31. The van der Waals surface area contributed by atoms with E-state index in [4.69, 9.17) is 9.26 Å². The Hall–Kier alpha value is -3.68. The monoisotopic (exact) mass is 448 g/mol. The number of pyridine rings is 1. The predicted octanol–water partition coefficient (Wildman–Crippen LogP) is 4.64. The molecule has 1 fully saturated rings. The molecule has 1 aliphatic heterocycles. The average Bonchev–Trinajstić information content (AvgIpc) is 3.31. The van der Waals surface area contributed by atoms with E-state index in [0.29, 0.717) is 34.3 Å². The highest BCUT2D eigenvalue weighted by atomic mass is 19.1. The first kappa shape index (κ1) is 21.2. The molecule has 0 unspecified atom stereocenters. The standard InChI is InChI=1S/C25H25FN4O3/c1-15-8-10-30(11-9-15)21-13-20-17(12-19(21)26)23(31)18(14-29(20)2)25-27-24(28-33-25)16-6-4-5-7-22(16)32-3/h4-7,12-15H,8-11H2,1-3H3. The van der Waals surface area contributed by atoms with Crippen LogP contribution in [0, 0.1) is 11.7 Å². The van der Waals surface area contributed by atoms with Crippen LogP contribution in [0.2, 0.25) is 0 Å². The molecule has 1 saturated heterocycles. The van der Waals surface area contributed by atoms with Gasteiger partial charge in [-0.05, 0) is 43.0 Å². The van der Waals surface area contributed by atoms with Crippen LogP contribution in [-0.2, 0) is 7.05 Å². The summed E-state index contributed by atoms with van der Waals surface area (Å²) < 4.78 is 27.7. The first-order chi connectivity index (χ1) is 16.0. The van der Waals surface area contributed by atoms with Gasteiger partial charge in [-0.3, -0.25) is 4.79 Å². The number of anilines is 1. The quantitative estimate of drug-likeness (QED) is 0.453. The summed E-state index contributed by atoms with van der Waals surface area (Å²) in [6, 6.07) is 10.4. The van der Waals surface area contributed by atoms with E-state index < -0.39 is 5.82 Å². The summed E-state index contributed by atoms with van der Waals surface area (Å²) in [6.07, 6.45) is 3.71. The second-order valence-electron chi connectivity index (χ2n) is 8.60. The molecule has 0 radical (unpaired) electrons.